The van der Waals surface area contributed by atoms with E-state index in [2.05, 4.69) is 31.4 Å². The van der Waals surface area contributed by atoms with E-state index in [1.54, 1.807) is 24.5 Å². The number of rotatable bonds is 4. The molecule has 0 aliphatic carbocycles. The van der Waals surface area contributed by atoms with Crippen LogP contribution in [0, 0.1) is 0 Å². The van der Waals surface area contributed by atoms with Crippen molar-refractivity contribution >= 4 is 33.4 Å². The van der Waals surface area contributed by atoms with Gasteiger partial charge in [0.1, 0.15) is 12.2 Å². The van der Waals surface area contributed by atoms with Crippen molar-refractivity contribution in [1.29, 1.82) is 0 Å². The zero-order valence-corrected chi connectivity index (χ0v) is 12.6. The SMILES string of the molecule is Cn1cnnc1CCNC(=O)c1ccc(Cl)cc1Br. The summed E-state index contributed by atoms with van der Waals surface area (Å²) in [5, 5.41) is 11.1. The molecule has 0 atom stereocenters. The lowest BCUT2D eigenvalue weighted by molar-refractivity contribution is 0.0953. The van der Waals surface area contributed by atoms with Crippen LogP contribution in [0.15, 0.2) is 29.0 Å². The Bertz CT molecular complexity index is 599. The number of aromatic nitrogens is 3. The third-order valence-electron chi connectivity index (χ3n) is 2.62. The fraction of sp³-hybridized carbons (Fsp3) is 0.250. The van der Waals surface area contributed by atoms with Gasteiger partial charge >= 0.3 is 0 Å². The van der Waals surface area contributed by atoms with E-state index in [4.69, 9.17) is 11.6 Å². The van der Waals surface area contributed by atoms with Gasteiger partial charge in [-0.2, -0.15) is 0 Å². The number of carbonyl (C=O) groups excluding carboxylic acids is 1. The van der Waals surface area contributed by atoms with Gasteiger partial charge in [0.25, 0.3) is 5.91 Å². The van der Waals surface area contributed by atoms with Gasteiger partial charge in [-0.05, 0) is 34.1 Å². The van der Waals surface area contributed by atoms with Gasteiger partial charge in [-0.1, -0.05) is 11.6 Å². The third-order valence-corrected chi connectivity index (χ3v) is 3.51. The van der Waals surface area contributed by atoms with E-state index in [0.717, 1.165) is 5.82 Å². The summed E-state index contributed by atoms with van der Waals surface area (Å²) in [6.45, 7) is 0.500. The fourth-order valence-corrected chi connectivity index (χ4v) is 2.45. The highest BCUT2D eigenvalue weighted by Gasteiger charge is 2.10. The minimum Gasteiger partial charge on any atom is -0.352 e. The summed E-state index contributed by atoms with van der Waals surface area (Å²) in [5.74, 6) is 0.682. The summed E-state index contributed by atoms with van der Waals surface area (Å²) in [7, 11) is 1.87. The zero-order valence-electron chi connectivity index (χ0n) is 10.2. The minimum absolute atomic E-state index is 0.147. The normalized spacial score (nSPS) is 10.5. The lowest BCUT2D eigenvalue weighted by Gasteiger charge is -2.07. The van der Waals surface area contributed by atoms with Crippen LogP contribution >= 0.6 is 27.5 Å². The highest BCUT2D eigenvalue weighted by atomic mass is 79.9. The van der Waals surface area contributed by atoms with E-state index in [9.17, 15) is 4.79 Å². The molecular weight excluding hydrogens is 332 g/mol. The Hall–Kier alpha value is -1.40. The molecule has 1 aromatic heterocycles. The average molecular weight is 344 g/mol. The molecule has 1 N–H and O–H groups in total. The van der Waals surface area contributed by atoms with Gasteiger partial charge in [0.05, 0.1) is 5.56 Å². The van der Waals surface area contributed by atoms with Crippen molar-refractivity contribution in [3.63, 3.8) is 0 Å². The molecule has 0 aliphatic heterocycles. The second-order valence-corrected chi connectivity index (χ2v) is 5.28. The summed E-state index contributed by atoms with van der Waals surface area (Å²) in [6.07, 6.45) is 2.26. The van der Waals surface area contributed by atoms with Gasteiger partial charge < -0.3 is 9.88 Å². The molecule has 5 nitrogen and oxygen atoms in total. The molecule has 0 aliphatic rings. The lowest BCUT2D eigenvalue weighted by Crippen LogP contribution is -2.26. The van der Waals surface area contributed by atoms with Crippen molar-refractivity contribution in [2.45, 2.75) is 6.42 Å². The maximum atomic E-state index is 12.0. The quantitative estimate of drug-likeness (QED) is 0.926. The van der Waals surface area contributed by atoms with E-state index in [1.807, 2.05) is 11.6 Å². The Morgan fingerprint density at radius 1 is 1.53 bits per heavy atom. The summed E-state index contributed by atoms with van der Waals surface area (Å²) in [5.41, 5.74) is 0.558. The van der Waals surface area contributed by atoms with Crippen molar-refractivity contribution < 1.29 is 4.79 Å². The molecule has 0 unspecified atom stereocenters. The van der Waals surface area contributed by atoms with Gasteiger partial charge in [0, 0.05) is 29.5 Å². The predicted octanol–water partition coefficient (Wildman–Crippen LogP) is 2.20. The first-order valence-electron chi connectivity index (χ1n) is 5.64. The maximum Gasteiger partial charge on any atom is 0.252 e. The van der Waals surface area contributed by atoms with Gasteiger partial charge in [-0.3, -0.25) is 4.79 Å². The first-order chi connectivity index (χ1) is 9.08. The van der Waals surface area contributed by atoms with Crippen molar-refractivity contribution in [1.82, 2.24) is 20.1 Å². The Morgan fingerprint density at radius 3 is 2.95 bits per heavy atom. The molecule has 0 fully saturated rings. The van der Waals surface area contributed by atoms with Gasteiger partial charge in [0.2, 0.25) is 0 Å². The van der Waals surface area contributed by atoms with Crippen LogP contribution in [0.5, 0.6) is 0 Å². The first kappa shape index (κ1) is 14.0. The summed E-state index contributed by atoms with van der Waals surface area (Å²) < 4.78 is 2.50. The molecule has 19 heavy (non-hydrogen) atoms. The number of aryl methyl sites for hydroxylation is 1. The largest absolute Gasteiger partial charge is 0.352 e. The smallest absolute Gasteiger partial charge is 0.252 e. The number of hydrogen-bond donors (Lipinski definition) is 1. The molecule has 100 valence electrons. The molecule has 1 aromatic carbocycles. The van der Waals surface area contributed by atoms with E-state index in [-0.39, 0.29) is 5.91 Å². The van der Waals surface area contributed by atoms with Crippen LogP contribution in [-0.2, 0) is 13.5 Å². The molecule has 1 amide bonds. The van der Waals surface area contributed by atoms with E-state index >= 15 is 0 Å². The Balaban J connectivity index is 1.93. The van der Waals surface area contributed by atoms with Gasteiger partial charge in [-0.15, -0.1) is 10.2 Å². The summed E-state index contributed by atoms with van der Waals surface area (Å²) in [4.78, 5) is 12.0. The number of hydrogen-bond acceptors (Lipinski definition) is 3. The molecule has 1 heterocycles. The van der Waals surface area contributed by atoms with Gasteiger partial charge in [-0.25, -0.2) is 0 Å². The standard InChI is InChI=1S/C12H12BrClN4O/c1-18-7-16-17-11(18)4-5-15-12(19)9-3-2-8(14)6-10(9)13/h2-3,6-7H,4-5H2,1H3,(H,15,19). The van der Waals surface area contributed by atoms with E-state index < -0.39 is 0 Å². The highest BCUT2D eigenvalue weighted by molar-refractivity contribution is 9.10. The first-order valence-corrected chi connectivity index (χ1v) is 6.81. The second kappa shape index (κ2) is 6.16. The van der Waals surface area contributed by atoms with Crippen LogP contribution in [0.1, 0.15) is 16.2 Å². The molecule has 2 aromatic rings. The second-order valence-electron chi connectivity index (χ2n) is 3.99. The fourth-order valence-electron chi connectivity index (χ4n) is 1.59. The maximum absolute atomic E-state index is 12.0. The number of halogens is 2. The highest BCUT2D eigenvalue weighted by Crippen LogP contribution is 2.21. The summed E-state index contributed by atoms with van der Waals surface area (Å²) >= 11 is 9.15. The number of amides is 1. The van der Waals surface area contributed by atoms with Crippen molar-refractivity contribution in [3.05, 3.63) is 45.4 Å². The Morgan fingerprint density at radius 2 is 2.32 bits per heavy atom. The molecule has 0 saturated carbocycles. The zero-order chi connectivity index (χ0) is 13.8. The van der Waals surface area contributed by atoms with Crippen LogP contribution in [0.3, 0.4) is 0 Å². The third kappa shape index (κ3) is 3.54. The molecule has 0 bridgehead atoms. The van der Waals surface area contributed by atoms with Crippen molar-refractivity contribution in [2.75, 3.05) is 6.54 Å². The number of benzene rings is 1. The average Bonchev–Trinajstić information content (AvgIpc) is 2.75. The number of nitrogens with zero attached hydrogens (tertiary/aromatic N) is 3. The molecular formula is C12H12BrClN4O. The Labute approximate surface area is 124 Å². The molecule has 7 heteroatoms. The number of carbonyl (C=O) groups is 1. The predicted molar refractivity (Wildman–Crippen MR) is 76.2 cm³/mol. The van der Waals surface area contributed by atoms with Crippen LogP contribution in [0.2, 0.25) is 5.02 Å². The van der Waals surface area contributed by atoms with Crippen molar-refractivity contribution in [3.8, 4) is 0 Å². The van der Waals surface area contributed by atoms with Crippen molar-refractivity contribution in [2.24, 2.45) is 7.05 Å². The topological polar surface area (TPSA) is 59.8 Å². The lowest BCUT2D eigenvalue weighted by atomic mass is 10.2. The van der Waals surface area contributed by atoms with E-state index in [0.29, 0.717) is 28.0 Å². The number of nitrogens with one attached hydrogen (secondary N) is 1. The molecule has 0 saturated heterocycles. The minimum atomic E-state index is -0.147. The summed E-state index contributed by atoms with van der Waals surface area (Å²) in [6, 6.07) is 5.06. The van der Waals surface area contributed by atoms with Crippen LogP contribution in [0.4, 0.5) is 0 Å². The monoisotopic (exact) mass is 342 g/mol. The van der Waals surface area contributed by atoms with Gasteiger partial charge in [0.15, 0.2) is 0 Å². The Kier molecular flexibility index (Phi) is 4.55. The molecule has 0 radical (unpaired) electrons. The molecule has 2 rings (SSSR count). The van der Waals surface area contributed by atoms with Crippen LogP contribution < -0.4 is 5.32 Å². The van der Waals surface area contributed by atoms with E-state index in [1.165, 1.54) is 0 Å². The van der Waals surface area contributed by atoms with Crippen LogP contribution in [-0.4, -0.2) is 27.2 Å². The van der Waals surface area contributed by atoms with Crippen LogP contribution in [0.25, 0.3) is 0 Å². The molecule has 0 spiro atoms.